The average molecular weight is 425 g/mol. The maximum absolute atomic E-state index is 12.4. The molecule has 0 saturated heterocycles. The molecule has 176 valence electrons. The van der Waals surface area contributed by atoms with Gasteiger partial charge in [-0.1, -0.05) is 111 Å². The highest BCUT2D eigenvalue weighted by Crippen LogP contribution is 2.57. The van der Waals surface area contributed by atoms with Crippen LogP contribution in [0.3, 0.4) is 0 Å². The molecule has 1 fully saturated rings. The normalized spacial score (nSPS) is 24.3. The summed E-state index contributed by atoms with van der Waals surface area (Å²) in [5.74, 6) is -1.59. The Balaban J connectivity index is 2.47. The SMILES string of the molecule is CCCCCCCCCCCCCCC1(C(=O)O)CCCCC1(CC(C)C)C(=O)O. The zero-order chi connectivity index (χ0) is 22.5. The van der Waals surface area contributed by atoms with Gasteiger partial charge in [0, 0.05) is 0 Å². The molecular formula is C26H48O4. The molecule has 0 amide bonds. The maximum atomic E-state index is 12.4. The van der Waals surface area contributed by atoms with E-state index in [-0.39, 0.29) is 5.92 Å². The standard InChI is InChI=1S/C26H48O4/c1-4-5-6-7-8-9-10-11-12-13-14-15-18-25(23(27)28)19-16-17-20-26(25,24(29)30)21-22(2)3/h22H,4-21H2,1-3H3,(H,27,28)(H,29,30). The Morgan fingerprint density at radius 3 is 1.50 bits per heavy atom. The molecule has 0 aromatic rings. The number of unbranched alkanes of at least 4 members (excludes halogenated alkanes) is 11. The van der Waals surface area contributed by atoms with Crippen LogP contribution in [0.2, 0.25) is 0 Å². The molecule has 1 rings (SSSR count). The number of carboxylic acid groups (broad SMARTS) is 2. The number of aliphatic carboxylic acids is 2. The van der Waals surface area contributed by atoms with Crippen LogP contribution in [0.25, 0.3) is 0 Å². The molecule has 30 heavy (non-hydrogen) atoms. The summed E-state index contributed by atoms with van der Waals surface area (Å²) >= 11 is 0. The fraction of sp³-hybridized carbons (Fsp3) is 0.923. The van der Waals surface area contributed by atoms with E-state index in [1.165, 1.54) is 57.8 Å². The highest BCUT2D eigenvalue weighted by atomic mass is 16.4. The van der Waals surface area contributed by atoms with Gasteiger partial charge in [0.15, 0.2) is 0 Å². The van der Waals surface area contributed by atoms with Gasteiger partial charge >= 0.3 is 11.9 Å². The fourth-order valence-electron chi connectivity index (χ4n) is 5.78. The number of rotatable bonds is 17. The second-order valence-electron chi connectivity index (χ2n) is 10.2. The first-order valence-electron chi connectivity index (χ1n) is 12.8. The Kier molecular flexibility index (Phi) is 12.7. The van der Waals surface area contributed by atoms with E-state index in [0.717, 1.165) is 32.1 Å². The van der Waals surface area contributed by atoms with Gasteiger partial charge in [0.05, 0.1) is 10.8 Å². The monoisotopic (exact) mass is 424 g/mol. The first-order valence-corrected chi connectivity index (χ1v) is 12.8. The number of carbonyl (C=O) groups is 2. The van der Waals surface area contributed by atoms with Crippen LogP contribution in [-0.2, 0) is 9.59 Å². The second kappa shape index (κ2) is 14.1. The van der Waals surface area contributed by atoms with Gasteiger partial charge in [-0.3, -0.25) is 9.59 Å². The average Bonchev–Trinajstić information content (AvgIpc) is 2.69. The number of hydrogen-bond acceptors (Lipinski definition) is 2. The minimum absolute atomic E-state index is 0.180. The number of carboxylic acids is 2. The molecule has 1 aliphatic rings. The first-order chi connectivity index (χ1) is 14.3. The van der Waals surface area contributed by atoms with Gasteiger partial charge in [-0.25, -0.2) is 0 Å². The zero-order valence-corrected chi connectivity index (χ0v) is 20.0. The van der Waals surface area contributed by atoms with E-state index >= 15 is 0 Å². The van der Waals surface area contributed by atoms with Crippen LogP contribution in [-0.4, -0.2) is 22.2 Å². The Morgan fingerprint density at radius 2 is 1.10 bits per heavy atom. The second-order valence-corrected chi connectivity index (χ2v) is 10.2. The van der Waals surface area contributed by atoms with E-state index in [9.17, 15) is 19.8 Å². The molecule has 0 heterocycles. The summed E-state index contributed by atoms with van der Waals surface area (Å²) < 4.78 is 0. The summed E-state index contributed by atoms with van der Waals surface area (Å²) in [5.41, 5.74) is -2.21. The molecule has 0 bridgehead atoms. The van der Waals surface area contributed by atoms with Crippen molar-refractivity contribution < 1.29 is 19.8 Å². The van der Waals surface area contributed by atoms with Crippen molar-refractivity contribution in [1.29, 1.82) is 0 Å². The van der Waals surface area contributed by atoms with E-state index < -0.39 is 22.8 Å². The molecular weight excluding hydrogens is 376 g/mol. The summed E-state index contributed by atoms with van der Waals surface area (Å²) in [6.07, 6.45) is 18.5. The van der Waals surface area contributed by atoms with Gasteiger partial charge in [-0.05, 0) is 31.6 Å². The van der Waals surface area contributed by atoms with Crippen molar-refractivity contribution in [2.24, 2.45) is 16.7 Å². The van der Waals surface area contributed by atoms with Gasteiger partial charge in [0.2, 0.25) is 0 Å². The van der Waals surface area contributed by atoms with Crippen molar-refractivity contribution in [1.82, 2.24) is 0 Å². The quantitative estimate of drug-likeness (QED) is 0.233. The summed E-state index contributed by atoms with van der Waals surface area (Å²) in [4.78, 5) is 24.8. The van der Waals surface area contributed by atoms with Gasteiger partial charge in [0.25, 0.3) is 0 Å². The highest BCUT2D eigenvalue weighted by molar-refractivity contribution is 5.87. The summed E-state index contributed by atoms with van der Waals surface area (Å²) in [6.45, 7) is 6.27. The Morgan fingerprint density at radius 1 is 0.700 bits per heavy atom. The van der Waals surface area contributed by atoms with Crippen LogP contribution in [0.15, 0.2) is 0 Å². The fourth-order valence-corrected chi connectivity index (χ4v) is 5.78. The van der Waals surface area contributed by atoms with Crippen molar-refractivity contribution in [2.45, 2.75) is 136 Å². The van der Waals surface area contributed by atoms with E-state index in [4.69, 9.17) is 0 Å². The summed E-state index contributed by atoms with van der Waals surface area (Å²) in [7, 11) is 0. The third kappa shape index (κ3) is 7.57. The molecule has 0 aliphatic heterocycles. The maximum Gasteiger partial charge on any atom is 0.310 e. The lowest BCUT2D eigenvalue weighted by Crippen LogP contribution is -2.55. The lowest BCUT2D eigenvalue weighted by atomic mass is 9.51. The minimum atomic E-state index is -1.11. The molecule has 2 N–H and O–H groups in total. The van der Waals surface area contributed by atoms with Crippen molar-refractivity contribution in [3.05, 3.63) is 0 Å². The van der Waals surface area contributed by atoms with Crippen LogP contribution >= 0.6 is 0 Å². The lowest BCUT2D eigenvalue weighted by molar-refractivity contribution is -0.183. The molecule has 4 nitrogen and oxygen atoms in total. The molecule has 0 spiro atoms. The van der Waals surface area contributed by atoms with Gasteiger partial charge in [-0.15, -0.1) is 0 Å². The molecule has 0 radical (unpaired) electrons. The largest absolute Gasteiger partial charge is 0.481 e. The Bertz CT molecular complexity index is 501. The third-order valence-corrected chi connectivity index (χ3v) is 7.41. The van der Waals surface area contributed by atoms with E-state index in [2.05, 4.69) is 6.92 Å². The van der Waals surface area contributed by atoms with E-state index in [0.29, 0.717) is 25.7 Å². The van der Waals surface area contributed by atoms with Gasteiger partial charge in [0.1, 0.15) is 0 Å². The molecule has 0 aromatic heterocycles. The van der Waals surface area contributed by atoms with Crippen LogP contribution in [0.5, 0.6) is 0 Å². The van der Waals surface area contributed by atoms with Crippen molar-refractivity contribution in [3.8, 4) is 0 Å². The highest BCUT2D eigenvalue weighted by Gasteiger charge is 2.61. The van der Waals surface area contributed by atoms with E-state index in [1.54, 1.807) is 0 Å². The van der Waals surface area contributed by atoms with Gasteiger partial charge in [-0.2, -0.15) is 0 Å². The lowest BCUT2D eigenvalue weighted by Gasteiger charge is -2.49. The smallest absolute Gasteiger partial charge is 0.310 e. The molecule has 2 atom stereocenters. The van der Waals surface area contributed by atoms with Crippen LogP contribution in [0.4, 0.5) is 0 Å². The van der Waals surface area contributed by atoms with Crippen molar-refractivity contribution >= 4 is 11.9 Å². The van der Waals surface area contributed by atoms with E-state index in [1.807, 2.05) is 13.8 Å². The minimum Gasteiger partial charge on any atom is -0.481 e. The van der Waals surface area contributed by atoms with Crippen molar-refractivity contribution in [2.75, 3.05) is 0 Å². The third-order valence-electron chi connectivity index (χ3n) is 7.41. The topological polar surface area (TPSA) is 74.6 Å². The van der Waals surface area contributed by atoms with Gasteiger partial charge < -0.3 is 10.2 Å². The van der Waals surface area contributed by atoms with Crippen LogP contribution < -0.4 is 0 Å². The molecule has 4 heteroatoms. The zero-order valence-electron chi connectivity index (χ0n) is 20.0. The summed E-state index contributed by atoms with van der Waals surface area (Å²) in [6, 6.07) is 0. The Hall–Kier alpha value is -1.06. The van der Waals surface area contributed by atoms with Crippen LogP contribution in [0, 0.1) is 16.7 Å². The summed E-state index contributed by atoms with van der Waals surface area (Å²) in [5, 5.41) is 20.4. The molecule has 2 unspecified atom stereocenters. The predicted molar refractivity (Wildman–Crippen MR) is 124 cm³/mol. The first kappa shape index (κ1) is 27.0. The molecule has 0 aromatic carbocycles. The molecule has 1 saturated carbocycles. The van der Waals surface area contributed by atoms with Crippen LogP contribution in [0.1, 0.15) is 136 Å². The van der Waals surface area contributed by atoms with Crippen molar-refractivity contribution in [3.63, 3.8) is 0 Å². The molecule has 1 aliphatic carbocycles. The Labute approximate surface area is 185 Å². The number of hydrogen-bond donors (Lipinski definition) is 2. The predicted octanol–water partition coefficient (Wildman–Crippen LogP) is 7.84.